The Labute approximate surface area is 128 Å². The molecule has 2 heterocycles. The van der Waals surface area contributed by atoms with Crippen molar-refractivity contribution in [2.45, 2.75) is 45.8 Å². The van der Waals surface area contributed by atoms with Crippen LogP contribution >= 0.6 is 0 Å². The number of rotatable bonds is 8. The highest BCUT2D eigenvalue weighted by Crippen LogP contribution is 2.23. The van der Waals surface area contributed by atoms with Crippen molar-refractivity contribution >= 4 is 0 Å². The summed E-state index contributed by atoms with van der Waals surface area (Å²) in [5.74, 6) is 0. The highest BCUT2D eigenvalue weighted by Gasteiger charge is 2.21. The van der Waals surface area contributed by atoms with Crippen molar-refractivity contribution in [2.24, 2.45) is 0 Å². The van der Waals surface area contributed by atoms with Gasteiger partial charge in [0.05, 0.1) is 24.8 Å². The molecule has 0 saturated carbocycles. The van der Waals surface area contributed by atoms with Crippen molar-refractivity contribution in [3.63, 3.8) is 0 Å². The van der Waals surface area contributed by atoms with Crippen molar-refractivity contribution in [2.75, 3.05) is 39.3 Å². The largest absolute Gasteiger partial charge is 0.369 e. The molecule has 1 saturated heterocycles. The molecule has 2 rings (SSSR count). The number of hydrogen-bond acceptors (Lipinski definition) is 4. The Morgan fingerprint density at radius 3 is 2.95 bits per heavy atom. The molecule has 5 heteroatoms. The van der Waals surface area contributed by atoms with Gasteiger partial charge in [-0.05, 0) is 39.4 Å². The molecule has 0 bridgehead atoms. The molecule has 0 amide bonds. The number of ether oxygens (including phenoxy) is 1. The number of nitrogens with zero attached hydrogens (tertiary/aromatic N) is 3. The maximum Gasteiger partial charge on any atom is 0.111 e. The summed E-state index contributed by atoms with van der Waals surface area (Å²) in [6, 6.07) is 0.476. The van der Waals surface area contributed by atoms with Crippen LogP contribution in [0.2, 0.25) is 0 Å². The van der Waals surface area contributed by atoms with E-state index >= 15 is 0 Å². The zero-order valence-electron chi connectivity index (χ0n) is 13.7. The molecule has 120 valence electrons. The van der Waals surface area contributed by atoms with Crippen LogP contribution in [-0.2, 0) is 4.74 Å². The first-order valence-corrected chi connectivity index (χ1v) is 8.32. The molecule has 1 aliphatic heterocycles. The summed E-state index contributed by atoms with van der Waals surface area (Å²) in [5.41, 5.74) is 1.21. The van der Waals surface area contributed by atoms with E-state index in [9.17, 15) is 0 Å². The van der Waals surface area contributed by atoms with Crippen LogP contribution in [0, 0.1) is 0 Å². The lowest BCUT2D eigenvalue weighted by Crippen LogP contribution is -2.34. The third-order valence-electron chi connectivity index (χ3n) is 4.42. The van der Waals surface area contributed by atoms with Gasteiger partial charge in [-0.1, -0.05) is 13.8 Å². The minimum absolute atomic E-state index is 0.145. The zero-order valence-corrected chi connectivity index (χ0v) is 13.7. The van der Waals surface area contributed by atoms with Crippen LogP contribution < -0.4 is 5.32 Å². The number of morpholine rings is 1. The summed E-state index contributed by atoms with van der Waals surface area (Å²) >= 11 is 0. The van der Waals surface area contributed by atoms with Crippen molar-refractivity contribution < 1.29 is 4.74 Å². The molecule has 0 aromatic carbocycles. The Morgan fingerprint density at radius 1 is 1.48 bits per heavy atom. The Balaban J connectivity index is 1.87. The Kier molecular flexibility index (Phi) is 6.67. The van der Waals surface area contributed by atoms with Crippen LogP contribution in [0.3, 0.4) is 0 Å². The Morgan fingerprint density at radius 2 is 2.29 bits per heavy atom. The van der Waals surface area contributed by atoms with Crippen molar-refractivity contribution in [1.82, 2.24) is 19.8 Å². The molecule has 2 unspecified atom stereocenters. The van der Waals surface area contributed by atoms with Crippen LogP contribution in [-0.4, -0.2) is 53.8 Å². The highest BCUT2D eigenvalue weighted by molar-refractivity contribution is 5.06. The Hall–Kier alpha value is -0.910. The van der Waals surface area contributed by atoms with Crippen molar-refractivity contribution in [3.8, 4) is 0 Å². The molecule has 1 aromatic heterocycles. The molecule has 0 spiro atoms. The van der Waals surface area contributed by atoms with Gasteiger partial charge >= 0.3 is 0 Å². The minimum Gasteiger partial charge on any atom is -0.369 e. The first-order valence-electron chi connectivity index (χ1n) is 8.32. The van der Waals surface area contributed by atoms with Gasteiger partial charge in [0.2, 0.25) is 0 Å². The molecule has 1 aromatic rings. The lowest BCUT2D eigenvalue weighted by atomic mass is 10.1. The summed E-state index contributed by atoms with van der Waals surface area (Å²) in [7, 11) is 0. The van der Waals surface area contributed by atoms with Gasteiger partial charge in [0, 0.05) is 19.1 Å². The van der Waals surface area contributed by atoms with E-state index in [1.54, 1.807) is 0 Å². The average Bonchev–Trinajstić information content (AvgIpc) is 3.02. The van der Waals surface area contributed by atoms with Crippen LogP contribution in [0.25, 0.3) is 0 Å². The molecule has 1 aliphatic rings. The normalized spacial score (nSPS) is 20.9. The van der Waals surface area contributed by atoms with E-state index in [2.05, 4.69) is 40.5 Å². The molecular weight excluding hydrogens is 264 g/mol. The summed E-state index contributed by atoms with van der Waals surface area (Å²) in [4.78, 5) is 6.82. The van der Waals surface area contributed by atoms with Gasteiger partial charge < -0.3 is 19.5 Å². The first-order chi connectivity index (χ1) is 10.3. The van der Waals surface area contributed by atoms with Gasteiger partial charge in [0.1, 0.15) is 6.10 Å². The smallest absolute Gasteiger partial charge is 0.111 e. The second-order valence-corrected chi connectivity index (χ2v) is 5.81. The third-order valence-corrected chi connectivity index (χ3v) is 4.42. The van der Waals surface area contributed by atoms with Gasteiger partial charge in [-0.15, -0.1) is 0 Å². The Bertz CT molecular complexity index is 397. The number of imidazole rings is 1. The average molecular weight is 294 g/mol. The molecule has 0 radical (unpaired) electrons. The molecule has 21 heavy (non-hydrogen) atoms. The van der Waals surface area contributed by atoms with E-state index in [1.807, 2.05) is 12.5 Å². The molecule has 1 N–H and O–H groups in total. The SMILES string of the molecule is CCN(CC)CCCC(C)n1cncc1C1CNCCO1. The van der Waals surface area contributed by atoms with E-state index in [0.29, 0.717) is 6.04 Å². The van der Waals surface area contributed by atoms with E-state index < -0.39 is 0 Å². The third kappa shape index (κ3) is 4.53. The maximum atomic E-state index is 5.86. The van der Waals surface area contributed by atoms with Crippen LogP contribution in [0.4, 0.5) is 0 Å². The minimum atomic E-state index is 0.145. The van der Waals surface area contributed by atoms with Crippen LogP contribution in [0.15, 0.2) is 12.5 Å². The van der Waals surface area contributed by atoms with E-state index in [1.165, 1.54) is 25.1 Å². The lowest BCUT2D eigenvalue weighted by Gasteiger charge is -2.27. The monoisotopic (exact) mass is 294 g/mol. The highest BCUT2D eigenvalue weighted by atomic mass is 16.5. The molecule has 2 atom stereocenters. The zero-order chi connectivity index (χ0) is 15.1. The number of hydrogen-bond donors (Lipinski definition) is 1. The summed E-state index contributed by atoms with van der Waals surface area (Å²) < 4.78 is 8.15. The summed E-state index contributed by atoms with van der Waals surface area (Å²) in [6.45, 7) is 12.8. The van der Waals surface area contributed by atoms with Crippen molar-refractivity contribution in [3.05, 3.63) is 18.2 Å². The van der Waals surface area contributed by atoms with Gasteiger partial charge in [-0.25, -0.2) is 4.98 Å². The van der Waals surface area contributed by atoms with Gasteiger partial charge in [0.15, 0.2) is 0 Å². The van der Waals surface area contributed by atoms with Gasteiger partial charge in [0.25, 0.3) is 0 Å². The standard InChI is InChI=1S/C16H30N4O/c1-4-19(5-2)9-6-7-14(3)20-13-18-11-15(20)16-12-17-8-10-21-16/h11,13-14,16-17H,4-10,12H2,1-3H3. The van der Waals surface area contributed by atoms with Gasteiger partial charge in [-0.2, -0.15) is 0 Å². The first kappa shape index (κ1) is 16.5. The van der Waals surface area contributed by atoms with E-state index in [0.717, 1.165) is 32.8 Å². The van der Waals surface area contributed by atoms with E-state index in [4.69, 9.17) is 4.74 Å². The van der Waals surface area contributed by atoms with Crippen LogP contribution in [0.1, 0.15) is 51.5 Å². The van der Waals surface area contributed by atoms with E-state index in [-0.39, 0.29) is 6.10 Å². The summed E-state index contributed by atoms with van der Waals surface area (Å²) in [6.07, 6.45) is 6.46. The topological polar surface area (TPSA) is 42.3 Å². The lowest BCUT2D eigenvalue weighted by molar-refractivity contribution is 0.0219. The fraction of sp³-hybridized carbons (Fsp3) is 0.812. The molecule has 1 fully saturated rings. The summed E-state index contributed by atoms with van der Waals surface area (Å²) in [5, 5.41) is 3.39. The van der Waals surface area contributed by atoms with Gasteiger partial charge in [-0.3, -0.25) is 0 Å². The second-order valence-electron chi connectivity index (χ2n) is 5.81. The van der Waals surface area contributed by atoms with Crippen molar-refractivity contribution in [1.29, 1.82) is 0 Å². The quantitative estimate of drug-likeness (QED) is 0.798. The maximum absolute atomic E-state index is 5.86. The number of nitrogens with one attached hydrogen (secondary N) is 1. The fourth-order valence-electron chi connectivity index (χ4n) is 2.98. The number of aromatic nitrogens is 2. The predicted molar refractivity (Wildman–Crippen MR) is 85.5 cm³/mol. The molecule has 5 nitrogen and oxygen atoms in total. The fourth-order valence-corrected chi connectivity index (χ4v) is 2.98. The molecule has 0 aliphatic carbocycles. The second kappa shape index (κ2) is 8.51. The van der Waals surface area contributed by atoms with Crippen LogP contribution in [0.5, 0.6) is 0 Å². The molecular formula is C16H30N4O. The predicted octanol–water partition coefficient (Wildman–Crippen LogP) is 2.23.